The molecule has 1 amide bonds. The van der Waals surface area contributed by atoms with Gasteiger partial charge in [-0.3, -0.25) is 9.36 Å². The van der Waals surface area contributed by atoms with Crippen LogP contribution in [0.15, 0.2) is 43.0 Å². The van der Waals surface area contributed by atoms with Crippen LogP contribution in [0.3, 0.4) is 0 Å². The number of benzene rings is 1. The molecule has 3 aromatic rings. The first-order chi connectivity index (χ1) is 14.1. The Hall–Kier alpha value is -2.62. The van der Waals surface area contributed by atoms with Crippen LogP contribution in [0, 0.1) is 6.92 Å². The summed E-state index contributed by atoms with van der Waals surface area (Å²) in [6.45, 7) is 3.67. The van der Waals surface area contributed by atoms with E-state index in [1.54, 1.807) is 29.4 Å². The highest BCUT2D eigenvalue weighted by Gasteiger charge is 2.17. The summed E-state index contributed by atoms with van der Waals surface area (Å²) in [6, 6.07) is 7.57. The standard InChI is InChI=1S/C20H21ClN6O2.H2S/c1-13-8-23-20(25-16-5-6-29-11-16)26-18(13)27-10-17(24-12-27)19(28)22-9-14-3-2-4-15(21)7-14;/h2-4,7-8,10,12,16H,5-6,9,11H2,1H3,(H,22,28)(H,23,25,26);1H2/t16-;/m0./s1. The van der Waals surface area contributed by atoms with Gasteiger partial charge in [-0.15, -0.1) is 0 Å². The lowest BCUT2D eigenvalue weighted by Crippen LogP contribution is -2.23. The molecule has 1 aliphatic heterocycles. The summed E-state index contributed by atoms with van der Waals surface area (Å²) in [6.07, 6.45) is 5.91. The first-order valence-corrected chi connectivity index (χ1v) is 9.71. The van der Waals surface area contributed by atoms with Crippen molar-refractivity contribution in [3.05, 3.63) is 64.8 Å². The Morgan fingerprint density at radius 1 is 1.37 bits per heavy atom. The number of rotatable bonds is 6. The van der Waals surface area contributed by atoms with Crippen molar-refractivity contribution in [2.45, 2.75) is 25.9 Å². The van der Waals surface area contributed by atoms with Gasteiger partial charge >= 0.3 is 0 Å². The van der Waals surface area contributed by atoms with Crippen LogP contribution in [0.2, 0.25) is 5.02 Å². The summed E-state index contributed by atoms with van der Waals surface area (Å²) in [4.78, 5) is 25.6. The summed E-state index contributed by atoms with van der Waals surface area (Å²) in [7, 11) is 0. The Bertz CT molecular complexity index is 1020. The fourth-order valence-corrected chi connectivity index (χ4v) is 3.28. The van der Waals surface area contributed by atoms with Gasteiger partial charge < -0.3 is 15.4 Å². The Kier molecular flexibility index (Phi) is 7.30. The van der Waals surface area contributed by atoms with Crippen molar-refractivity contribution in [1.82, 2.24) is 24.8 Å². The SMILES string of the molecule is Cc1cnc(N[C@H]2CCOC2)nc1-n1cnc(C(=O)NCc2cccc(Cl)c2)c1.S. The van der Waals surface area contributed by atoms with Gasteiger partial charge in [0.1, 0.15) is 17.8 Å². The predicted molar refractivity (Wildman–Crippen MR) is 120 cm³/mol. The molecule has 1 aliphatic rings. The molecule has 3 heterocycles. The number of carbonyl (C=O) groups excluding carboxylic acids is 1. The second-order valence-corrected chi connectivity index (χ2v) is 7.32. The molecule has 1 atom stereocenters. The van der Waals surface area contributed by atoms with Crippen LogP contribution in [0.25, 0.3) is 5.82 Å². The molecule has 0 radical (unpaired) electrons. The minimum absolute atomic E-state index is 0. The molecule has 2 N–H and O–H groups in total. The largest absolute Gasteiger partial charge is 0.379 e. The van der Waals surface area contributed by atoms with Gasteiger partial charge in [0.15, 0.2) is 0 Å². The lowest BCUT2D eigenvalue weighted by molar-refractivity contribution is 0.0946. The number of anilines is 1. The van der Waals surface area contributed by atoms with Crippen molar-refractivity contribution < 1.29 is 9.53 Å². The van der Waals surface area contributed by atoms with Crippen LogP contribution in [-0.4, -0.2) is 44.7 Å². The number of aromatic nitrogens is 4. The lowest BCUT2D eigenvalue weighted by atomic mass is 10.2. The van der Waals surface area contributed by atoms with Crippen LogP contribution in [0.5, 0.6) is 0 Å². The minimum atomic E-state index is -0.267. The Morgan fingerprint density at radius 2 is 2.23 bits per heavy atom. The van der Waals surface area contributed by atoms with E-state index in [4.69, 9.17) is 16.3 Å². The van der Waals surface area contributed by atoms with E-state index in [1.165, 1.54) is 0 Å². The number of aryl methyl sites for hydroxylation is 1. The molecule has 0 bridgehead atoms. The molecule has 1 saturated heterocycles. The molecule has 1 aromatic carbocycles. The highest BCUT2D eigenvalue weighted by molar-refractivity contribution is 7.59. The van der Waals surface area contributed by atoms with Crippen LogP contribution in [0.4, 0.5) is 5.95 Å². The van der Waals surface area contributed by atoms with Gasteiger partial charge in [0, 0.05) is 36.1 Å². The van der Waals surface area contributed by atoms with E-state index in [2.05, 4.69) is 25.6 Å². The fraction of sp³-hybridized carbons (Fsp3) is 0.300. The van der Waals surface area contributed by atoms with Gasteiger partial charge in [-0.25, -0.2) is 9.97 Å². The number of hydrogen-bond acceptors (Lipinski definition) is 6. The molecule has 10 heteroatoms. The summed E-state index contributed by atoms with van der Waals surface area (Å²) >= 11 is 5.98. The molecule has 30 heavy (non-hydrogen) atoms. The number of ether oxygens (including phenoxy) is 1. The zero-order valence-electron chi connectivity index (χ0n) is 16.4. The summed E-state index contributed by atoms with van der Waals surface area (Å²) in [5.74, 6) is 0.932. The minimum Gasteiger partial charge on any atom is -0.379 e. The highest BCUT2D eigenvalue weighted by Crippen LogP contribution is 2.16. The monoisotopic (exact) mass is 446 g/mol. The van der Waals surface area contributed by atoms with Crippen molar-refractivity contribution in [2.75, 3.05) is 18.5 Å². The maximum absolute atomic E-state index is 12.5. The molecule has 8 nitrogen and oxygen atoms in total. The lowest BCUT2D eigenvalue weighted by Gasteiger charge is -2.12. The highest BCUT2D eigenvalue weighted by atomic mass is 35.5. The number of hydrogen-bond donors (Lipinski definition) is 2. The molecule has 0 spiro atoms. The molecular formula is C20H23ClN6O2S. The van der Waals surface area contributed by atoms with Gasteiger partial charge in [-0.2, -0.15) is 18.5 Å². The van der Waals surface area contributed by atoms with Crippen molar-refractivity contribution in [3.63, 3.8) is 0 Å². The topological polar surface area (TPSA) is 94.0 Å². The molecule has 1 fully saturated rings. The van der Waals surface area contributed by atoms with Gasteiger partial charge in [0.05, 0.1) is 12.6 Å². The number of carbonyl (C=O) groups is 1. The second-order valence-electron chi connectivity index (χ2n) is 6.88. The smallest absolute Gasteiger partial charge is 0.271 e. The summed E-state index contributed by atoms with van der Waals surface area (Å²) < 4.78 is 7.10. The Balaban J connectivity index is 0.00000256. The van der Waals surface area contributed by atoms with E-state index in [9.17, 15) is 4.79 Å². The van der Waals surface area contributed by atoms with Crippen LogP contribution in [-0.2, 0) is 11.3 Å². The van der Waals surface area contributed by atoms with Gasteiger partial charge in [0.25, 0.3) is 5.91 Å². The predicted octanol–water partition coefficient (Wildman–Crippen LogP) is 2.87. The maximum atomic E-state index is 12.5. The van der Waals surface area contributed by atoms with Crippen molar-refractivity contribution in [3.8, 4) is 5.82 Å². The fourth-order valence-electron chi connectivity index (χ4n) is 3.07. The molecule has 0 unspecified atom stereocenters. The molecular weight excluding hydrogens is 424 g/mol. The molecule has 0 saturated carbocycles. The zero-order valence-corrected chi connectivity index (χ0v) is 18.2. The van der Waals surface area contributed by atoms with Crippen LogP contribution >= 0.6 is 25.1 Å². The van der Waals surface area contributed by atoms with E-state index < -0.39 is 0 Å². The number of amides is 1. The number of nitrogens with one attached hydrogen (secondary N) is 2. The molecule has 158 valence electrons. The van der Waals surface area contributed by atoms with Crippen LogP contribution < -0.4 is 10.6 Å². The number of halogens is 1. The van der Waals surface area contributed by atoms with E-state index >= 15 is 0 Å². The zero-order chi connectivity index (χ0) is 20.2. The first kappa shape index (κ1) is 22.1. The van der Waals surface area contributed by atoms with E-state index in [0.717, 1.165) is 24.2 Å². The normalized spacial score (nSPS) is 15.5. The second kappa shape index (κ2) is 9.92. The number of nitrogens with zero attached hydrogens (tertiary/aromatic N) is 4. The summed E-state index contributed by atoms with van der Waals surface area (Å²) in [5, 5.41) is 6.76. The Labute approximate surface area is 186 Å². The van der Waals surface area contributed by atoms with E-state index in [-0.39, 0.29) is 25.4 Å². The quantitative estimate of drug-likeness (QED) is 0.604. The molecule has 2 aromatic heterocycles. The molecule has 4 rings (SSSR count). The average molecular weight is 447 g/mol. The van der Waals surface area contributed by atoms with Crippen molar-refractivity contribution >= 4 is 37.0 Å². The van der Waals surface area contributed by atoms with E-state index in [0.29, 0.717) is 35.6 Å². The number of imidazole rings is 1. The van der Waals surface area contributed by atoms with E-state index in [1.807, 2.05) is 25.1 Å². The van der Waals surface area contributed by atoms with Gasteiger partial charge in [0.2, 0.25) is 5.95 Å². The third-order valence-electron chi connectivity index (χ3n) is 4.61. The molecule has 0 aliphatic carbocycles. The van der Waals surface area contributed by atoms with Crippen molar-refractivity contribution in [2.24, 2.45) is 0 Å². The van der Waals surface area contributed by atoms with Crippen molar-refractivity contribution in [1.29, 1.82) is 0 Å². The first-order valence-electron chi connectivity index (χ1n) is 9.33. The third kappa shape index (κ3) is 5.29. The average Bonchev–Trinajstić information content (AvgIpc) is 3.40. The summed E-state index contributed by atoms with van der Waals surface area (Å²) in [5.41, 5.74) is 2.11. The van der Waals surface area contributed by atoms with Gasteiger partial charge in [-0.05, 0) is 31.0 Å². The maximum Gasteiger partial charge on any atom is 0.271 e. The van der Waals surface area contributed by atoms with Gasteiger partial charge in [-0.1, -0.05) is 23.7 Å². The third-order valence-corrected chi connectivity index (χ3v) is 4.84. The Morgan fingerprint density at radius 3 is 3.00 bits per heavy atom. The van der Waals surface area contributed by atoms with Crippen LogP contribution in [0.1, 0.15) is 28.0 Å².